The number of ether oxygens (including phenoxy) is 1. The highest BCUT2D eigenvalue weighted by molar-refractivity contribution is 7.92. The van der Waals surface area contributed by atoms with Gasteiger partial charge in [-0.2, -0.15) is 0 Å². The first-order valence-electron chi connectivity index (χ1n) is 8.95. The van der Waals surface area contributed by atoms with E-state index in [1.165, 1.54) is 18.3 Å². The topological polar surface area (TPSA) is 97.4 Å². The van der Waals surface area contributed by atoms with Gasteiger partial charge < -0.3 is 10.1 Å². The minimum atomic E-state index is -3.96. The SMILES string of the molecule is Cc1cncc(NS(=O)(=O)c2ccccc2C(=O)NCCOc2ccccc2)c1. The first kappa shape index (κ1) is 20.3. The summed E-state index contributed by atoms with van der Waals surface area (Å²) in [6, 6.07) is 16.9. The van der Waals surface area contributed by atoms with Crippen LogP contribution in [-0.4, -0.2) is 32.5 Å². The van der Waals surface area contributed by atoms with Crippen LogP contribution in [0.15, 0.2) is 78.0 Å². The summed E-state index contributed by atoms with van der Waals surface area (Å²) in [6.07, 6.45) is 3.03. The van der Waals surface area contributed by atoms with Crippen LogP contribution in [0.25, 0.3) is 0 Å². The summed E-state index contributed by atoms with van der Waals surface area (Å²) in [5.74, 6) is 0.200. The summed E-state index contributed by atoms with van der Waals surface area (Å²) in [5, 5.41) is 2.69. The van der Waals surface area contributed by atoms with Crippen molar-refractivity contribution in [2.24, 2.45) is 0 Å². The number of aromatic nitrogens is 1. The molecule has 8 heteroatoms. The fraction of sp³-hybridized carbons (Fsp3) is 0.143. The summed E-state index contributed by atoms with van der Waals surface area (Å²) >= 11 is 0. The molecule has 0 spiro atoms. The van der Waals surface area contributed by atoms with Crippen molar-refractivity contribution in [1.29, 1.82) is 0 Å². The lowest BCUT2D eigenvalue weighted by Crippen LogP contribution is -2.30. The van der Waals surface area contributed by atoms with Crippen LogP contribution in [0.2, 0.25) is 0 Å². The van der Waals surface area contributed by atoms with Gasteiger partial charge in [0, 0.05) is 6.20 Å². The van der Waals surface area contributed by atoms with Crippen molar-refractivity contribution in [3.63, 3.8) is 0 Å². The third kappa shape index (κ3) is 5.55. The number of amides is 1. The minimum absolute atomic E-state index is 0.0559. The molecular weight excluding hydrogens is 390 g/mol. The van der Waals surface area contributed by atoms with E-state index < -0.39 is 15.9 Å². The van der Waals surface area contributed by atoms with E-state index in [0.717, 1.165) is 5.56 Å². The molecule has 2 aromatic carbocycles. The Morgan fingerprint density at radius 1 is 1.03 bits per heavy atom. The predicted molar refractivity (Wildman–Crippen MR) is 110 cm³/mol. The van der Waals surface area contributed by atoms with Gasteiger partial charge in [-0.05, 0) is 42.8 Å². The normalized spacial score (nSPS) is 10.9. The van der Waals surface area contributed by atoms with Crippen LogP contribution in [0.3, 0.4) is 0 Å². The Morgan fingerprint density at radius 3 is 2.52 bits per heavy atom. The van der Waals surface area contributed by atoms with Gasteiger partial charge in [0.05, 0.1) is 24.0 Å². The number of pyridine rings is 1. The number of carbonyl (C=O) groups excluding carboxylic acids is 1. The van der Waals surface area contributed by atoms with Gasteiger partial charge in [-0.1, -0.05) is 30.3 Å². The molecule has 3 rings (SSSR count). The summed E-state index contributed by atoms with van der Waals surface area (Å²) in [4.78, 5) is 16.4. The molecule has 1 amide bonds. The number of hydrogen-bond donors (Lipinski definition) is 2. The third-order valence-electron chi connectivity index (χ3n) is 3.95. The van der Waals surface area contributed by atoms with Gasteiger partial charge in [-0.3, -0.25) is 14.5 Å². The molecule has 0 saturated carbocycles. The number of anilines is 1. The Morgan fingerprint density at radius 2 is 1.76 bits per heavy atom. The maximum atomic E-state index is 12.8. The zero-order valence-corrected chi connectivity index (χ0v) is 16.6. The van der Waals surface area contributed by atoms with Gasteiger partial charge in [0.15, 0.2) is 0 Å². The van der Waals surface area contributed by atoms with Gasteiger partial charge in [0.2, 0.25) is 0 Å². The van der Waals surface area contributed by atoms with Gasteiger partial charge in [0.25, 0.3) is 15.9 Å². The van der Waals surface area contributed by atoms with Crippen molar-refractivity contribution >= 4 is 21.6 Å². The van der Waals surface area contributed by atoms with Crippen molar-refractivity contribution < 1.29 is 17.9 Å². The quantitative estimate of drug-likeness (QED) is 0.556. The predicted octanol–water partition coefficient (Wildman–Crippen LogP) is 3.00. The Balaban J connectivity index is 1.68. The fourth-order valence-corrected chi connectivity index (χ4v) is 3.89. The van der Waals surface area contributed by atoms with Crippen molar-refractivity contribution in [2.45, 2.75) is 11.8 Å². The molecule has 0 fully saturated rings. The molecule has 2 N–H and O–H groups in total. The number of benzene rings is 2. The first-order chi connectivity index (χ1) is 14.0. The molecule has 29 heavy (non-hydrogen) atoms. The summed E-state index contributed by atoms with van der Waals surface area (Å²) in [5.41, 5.74) is 1.20. The smallest absolute Gasteiger partial charge is 0.262 e. The van der Waals surface area contributed by atoms with E-state index in [1.54, 1.807) is 24.4 Å². The summed E-state index contributed by atoms with van der Waals surface area (Å²) in [6.45, 7) is 2.30. The summed E-state index contributed by atoms with van der Waals surface area (Å²) < 4.78 is 33.6. The van der Waals surface area contributed by atoms with E-state index in [1.807, 2.05) is 37.3 Å². The summed E-state index contributed by atoms with van der Waals surface area (Å²) in [7, 11) is -3.96. The molecule has 0 aliphatic heterocycles. The molecule has 1 heterocycles. The average Bonchev–Trinajstić information content (AvgIpc) is 2.71. The minimum Gasteiger partial charge on any atom is -0.492 e. The van der Waals surface area contributed by atoms with Gasteiger partial charge in [-0.15, -0.1) is 0 Å². The second-order valence-corrected chi connectivity index (χ2v) is 7.92. The Bertz CT molecular complexity index is 1090. The van der Waals surface area contributed by atoms with Crippen LogP contribution >= 0.6 is 0 Å². The highest BCUT2D eigenvalue weighted by Gasteiger charge is 2.22. The lowest BCUT2D eigenvalue weighted by molar-refractivity contribution is 0.0943. The highest BCUT2D eigenvalue weighted by atomic mass is 32.2. The molecule has 150 valence electrons. The lowest BCUT2D eigenvalue weighted by atomic mass is 10.2. The lowest BCUT2D eigenvalue weighted by Gasteiger charge is -2.13. The van der Waals surface area contributed by atoms with Gasteiger partial charge >= 0.3 is 0 Å². The Labute approximate surface area is 169 Å². The fourth-order valence-electron chi connectivity index (χ4n) is 2.65. The second kappa shape index (κ2) is 9.20. The molecule has 1 aromatic heterocycles. The second-order valence-electron chi connectivity index (χ2n) is 6.27. The third-order valence-corrected chi connectivity index (χ3v) is 5.39. The van der Waals surface area contributed by atoms with E-state index in [2.05, 4.69) is 15.0 Å². The van der Waals surface area contributed by atoms with Crippen LogP contribution in [0, 0.1) is 6.92 Å². The molecular formula is C21H21N3O4S. The molecule has 0 unspecified atom stereocenters. The number of carbonyl (C=O) groups is 1. The van der Waals surface area contributed by atoms with Crippen LogP contribution in [0.4, 0.5) is 5.69 Å². The van der Waals surface area contributed by atoms with Crippen molar-refractivity contribution in [3.05, 3.63) is 84.2 Å². The van der Waals surface area contributed by atoms with E-state index >= 15 is 0 Å². The first-order valence-corrected chi connectivity index (χ1v) is 10.4. The zero-order chi connectivity index (χ0) is 20.7. The van der Waals surface area contributed by atoms with Crippen molar-refractivity contribution in [1.82, 2.24) is 10.3 Å². The molecule has 7 nitrogen and oxygen atoms in total. The highest BCUT2D eigenvalue weighted by Crippen LogP contribution is 2.20. The van der Waals surface area contributed by atoms with E-state index in [-0.39, 0.29) is 23.6 Å². The standard InChI is InChI=1S/C21H21N3O4S/c1-16-13-17(15-22-14-16)24-29(26,27)20-10-6-5-9-19(20)21(25)23-11-12-28-18-7-3-2-4-8-18/h2-10,13-15,24H,11-12H2,1H3,(H,23,25). The number of hydrogen-bond acceptors (Lipinski definition) is 5. The molecule has 0 bridgehead atoms. The number of aryl methyl sites for hydroxylation is 1. The van der Waals surface area contributed by atoms with Crippen LogP contribution in [0.1, 0.15) is 15.9 Å². The number of nitrogens with one attached hydrogen (secondary N) is 2. The number of para-hydroxylation sites is 1. The van der Waals surface area contributed by atoms with Crippen LogP contribution in [0.5, 0.6) is 5.75 Å². The van der Waals surface area contributed by atoms with E-state index in [4.69, 9.17) is 4.74 Å². The van der Waals surface area contributed by atoms with E-state index in [0.29, 0.717) is 11.4 Å². The molecule has 0 aliphatic carbocycles. The molecule has 0 radical (unpaired) electrons. The Hall–Kier alpha value is -3.39. The zero-order valence-electron chi connectivity index (χ0n) is 15.8. The Kier molecular flexibility index (Phi) is 6.46. The maximum absolute atomic E-state index is 12.8. The van der Waals surface area contributed by atoms with Crippen molar-refractivity contribution in [2.75, 3.05) is 17.9 Å². The largest absolute Gasteiger partial charge is 0.492 e. The van der Waals surface area contributed by atoms with Gasteiger partial charge in [-0.25, -0.2) is 8.42 Å². The average molecular weight is 411 g/mol. The number of nitrogens with zero attached hydrogens (tertiary/aromatic N) is 1. The molecule has 0 aliphatic rings. The van der Waals surface area contributed by atoms with Crippen LogP contribution < -0.4 is 14.8 Å². The molecule has 0 saturated heterocycles. The maximum Gasteiger partial charge on any atom is 0.262 e. The molecule has 3 aromatic rings. The number of sulfonamides is 1. The van der Waals surface area contributed by atoms with Crippen molar-refractivity contribution in [3.8, 4) is 5.75 Å². The number of rotatable bonds is 8. The van der Waals surface area contributed by atoms with Crippen LogP contribution in [-0.2, 0) is 10.0 Å². The van der Waals surface area contributed by atoms with Gasteiger partial charge in [0.1, 0.15) is 17.3 Å². The molecule has 0 atom stereocenters. The van der Waals surface area contributed by atoms with E-state index in [9.17, 15) is 13.2 Å². The monoisotopic (exact) mass is 411 g/mol.